The molecule has 1 amide bonds. The van der Waals surface area contributed by atoms with Crippen molar-refractivity contribution in [2.75, 3.05) is 26.9 Å². The zero-order valence-electron chi connectivity index (χ0n) is 21.0. The van der Waals surface area contributed by atoms with Crippen molar-refractivity contribution < 1.29 is 9.53 Å². The lowest BCUT2D eigenvalue weighted by atomic mass is 9.94. The third-order valence-electron chi connectivity index (χ3n) is 6.27. The molecule has 0 spiro atoms. The maximum absolute atomic E-state index is 12.8. The van der Waals surface area contributed by atoms with Crippen LogP contribution in [-0.2, 0) is 0 Å². The predicted octanol–water partition coefficient (Wildman–Crippen LogP) is 4.03. The van der Waals surface area contributed by atoms with Crippen molar-refractivity contribution >= 4 is 34.4 Å². The van der Waals surface area contributed by atoms with Crippen LogP contribution in [-0.4, -0.2) is 51.5 Å². The van der Waals surface area contributed by atoms with Gasteiger partial charge in [0, 0.05) is 53.8 Å². The normalized spacial score (nSPS) is 12.0. The summed E-state index contributed by atoms with van der Waals surface area (Å²) in [6, 6.07) is 5.02. The van der Waals surface area contributed by atoms with E-state index in [1.807, 2.05) is 30.5 Å². The van der Waals surface area contributed by atoms with E-state index in [0.29, 0.717) is 27.7 Å². The zero-order chi connectivity index (χ0) is 26.3. The summed E-state index contributed by atoms with van der Waals surface area (Å²) in [7, 11) is 4.95. The first-order valence-corrected chi connectivity index (χ1v) is 11.6. The fraction of sp³-hybridized carbons (Fsp3) is 0.269. The molecule has 0 fully saturated rings. The molecule has 4 aromatic rings. The number of methoxy groups -OCH3 is 1. The SMILES string of the molecule is COc1c(C(C)n2cc(C)c(=O)c3c(N)ncnc32)cc(Cl)c(C)c1-c1ccc(C(=O)N(C)C)nc1. The first-order valence-electron chi connectivity index (χ1n) is 11.2. The molecule has 10 heteroatoms. The number of benzene rings is 1. The van der Waals surface area contributed by atoms with Crippen molar-refractivity contribution in [1.29, 1.82) is 0 Å². The fourth-order valence-corrected chi connectivity index (χ4v) is 4.51. The van der Waals surface area contributed by atoms with E-state index in [1.165, 1.54) is 11.2 Å². The number of rotatable bonds is 5. The summed E-state index contributed by atoms with van der Waals surface area (Å²) in [5, 5.41) is 0.810. The Morgan fingerprint density at radius 1 is 1.19 bits per heavy atom. The summed E-state index contributed by atoms with van der Waals surface area (Å²) < 4.78 is 7.79. The van der Waals surface area contributed by atoms with Crippen LogP contribution in [0.2, 0.25) is 5.02 Å². The van der Waals surface area contributed by atoms with Gasteiger partial charge in [-0.3, -0.25) is 14.6 Å². The monoisotopic (exact) mass is 506 g/mol. The van der Waals surface area contributed by atoms with Crippen LogP contribution in [0.1, 0.15) is 40.1 Å². The number of fused-ring (bicyclic) bond motifs is 1. The van der Waals surface area contributed by atoms with E-state index in [0.717, 1.165) is 22.3 Å². The molecular formula is C26H27ClN6O3. The highest BCUT2D eigenvalue weighted by Gasteiger charge is 2.24. The molecule has 0 aliphatic rings. The minimum absolute atomic E-state index is 0.127. The Bertz CT molecular complexity index is 1550. The van der Waals surface area contributed by atoms with Crippen LogP contribution in [0.5, 0.6) is 5.75 Å². The molecule has 1 aromatic carbocycles. The Kier molecular flexibility index (Phi) is 6.69. The number of nitrogens with two attached hydrogens (primary N) is 1. The molecule has 0 saturated heterocycles. The zero-order valence-corrected chi connectivity index (χ0v) is 21.7. The molecule has 3 heterocycles. The lowest BCUT2D eigenvalue weighted by Gasteiger charge is -2.24. The molecule has 0 aliphatic heterocycles. The molecule has 9 nitrogen and oxygen atoms in total. The van der Waals surface area contributed by atoms with Crippen LogP contribution >= 0.6 is 11.6 Å². The van der Waals surface area contributed by atoms with E-state index in [1.54, 1.807) is 46.6 Å². The predicted molar refractivity (Wildman–Crippen MR) is 141 cm³/mol. The van der Waals surface area contributed by atoms with Crippen molar-refractivity contribution in [3.63, 3.8) is 0 Å². The molecular weight excluding hydrogens is 480 g/mol. The number of hydrogen-bond acceptors (Lipinski definition) is 7. The highest BCUT2D eigenvalue weighted by atomic mass is 35.5. The highest BCUT2D eigenvalue weighted by molar-refractivity contribution is 6.32. The molecule has 0 saturated carbocycles. The van der Waals surface area contributed by atoms with E-state index in [9.17, 15) is 9.59 Å². The van der Waals surface area contributed by atoms with Crippen molar-refractivity contribution in [2.45, 2.75) is 26.8 Å². The largest absolute Gasteiger partial charge is 0.496 e. The summed E-state index contributed by atoms with van der Waals surface area (Å²) in [6.45, 7) is 5.59. The first-order chi connectivity index (χ1) is 17.1. The number of carbonyl (C=O) groups is 1. The fourth-order valence-electron chi connectivity index (χ4n) is 4.29. The molecule has 2 N–H and O–H groups in total. The Labute approximate surface area is 213 Å². The van der Waals surface area contributed by atoms with E-state index in [2.05, 4.69) is 15.0 Å². The van der Waals surface area contributed by atoms with Crippen LogP contribution in [0.15, 0.2) is 41.7 Å². The van der Waals surface area contributed by atoms with E-state index in [4.69, 9.17) is 22.1 Å². The van der Waals surface area contributed by atoms with Gasteiger partial charge in [-0.05, 0) is 38.5 Å². The number of halogens is 1. The molecule has 3 aromatic heterocycles. The number of hydrogen-bond donors (Lipinski definition) is 1. The van der Waals surface area contributed by atoms with E-state index >= 15 is 0 Å². The van der Waals surface area contributed by atoms with Crippen LogP contribution in [0.3, 0.4) is 0 Å². The van der Waals surface area contributed by atoms with Gasteiger partial charge in [-0.25, -0.2) is 9.97 Å². The second kappa shape index (κ2) is 9.58. The molecule has 4 rings (SSSR count). The molecule has 1 unspecified atom stereocenters. The summed E-state index contributed by atoms with van der Waals surface area (Å²) in [6.07, 6.45) is 4.72. The van der Waals surface area contributed by atoms with Crippen LogP contribution in [0.4, 0.5) is 5.82 Å². The Morgan fingerprint density at radius 2 is 1.92 bits per heavy atom. The molecule has 0 radical (unpaired) electrons. The minimum atomic E-state index is -0.338. The Morgan fingerprint density at radius 3 is 2.53 bits per heavy atom. The van der Waals surface area contributed by atoms with Gasteiger partial charge in [0.05, 0.1) is 13.2 Å². The first kappa shape index (κ1) is 25.1. The van der Waals surface area contributed by atoms with Gasteiger partial charge >= 0.3 is 0 Å². The van der Waals surface area contributed by atoms with Gasteiger partial charge in [0.2, 0.25) is 0 Å². The number of amides is 1. The van der Waals surface area contributed by atoms with Gasteiger partial charge in [0.25, 0.3) is 5.91 Å². The topological polar surface area (TPSA) is 116 Å². The number of aryl methyl sites for hydroxylation is 1. The van der Waals surface area contributed by atoms with Gasteiger partial charge in [-0.2, -0.15) is 0 Å². The van der Waals surface area contributed by atoms with Crippen molar-refractivity contribution in [3.05, 3.63) is 74.6 Å². The van der Waals surface area contributed by atoms with Gasteiger partial charge < -0.3 is 19.9 Å². The Hall–Kier alpha value is -3.98. The van der Waals surface area contributed by atoms with Gasteiger partial charge in [0.1, 0.15) is 34.6 Å². The third kappa shape index (κ3) is 4.15. The summed E-state index contributed by atoms with van der Waals surface area (Å²) >= 11 is 6.71. The third-order valence-corrected chi connectivity index (χ3v) is 6.67. The molecule has 0 aliphatic carbocycles. The molecule has 186 valence electrons. The number of anilines is 1. The van der Waals surface area contributed by atoms with Gasteiger partial charge in [-0.15, -0.1) is 0 Å². The van der Waals surface area contributed by atoms with E-state index in [-0.39, 0.29) is 28.6 Å². The number of nitrogens with zero attached hydrogens (tertiary/aromatic N) is 5. The second-order valence-electron chi connectivity index (χ2n) is 8.79. The molecule has 1 atom stereocenters. The Balaban J connectivity index is 1.93. The highest BCUT2D eigenvalue weighted by Crippen LogP contribution is 2.43. The van der Waals surface area contributed by atoms with Crippen molar-refractivity contribution in [1.82, 2.24) is 24.4 Å². The molecule has 0 bridgehead atoms. The quantitative estimate of drug-likeness (QED) is 0.434. The number of nitrogen functional groups attached to an aromatic ring is 1. The smallest absolute Gasteiger partial charge is 0.271 e. The number of ether oxygens (including phenoxy) is 1. The number of aromatic nitrogens is 4. The van der Waals surface area contributed by atoms with Crippen molar-refractivity contribution in [2.24, 2.45) is 0 Å². The lowest BCUT2D eigenvalue weighted by Crippen LogP contribution is -2.22. The maximum Gasteiger partial charge on any atom is 0.271 e. The van der Waals surface area contributed by atoms with Crippen LogP contribution in [0.25, 0.3) is 22.2 Å². The lowest BCUT2D eigenvalue weighted by molar-refractivity contribution is 0.0822. The number of pyridine rings is 2. The van der Waals surface area contributed by atoms with Crippen LogP contribution < -0.4 is 15.9 Å². The average Bonchev–Trinajstić information content (AvgIpc) is 2.86. The van der Waals surface area contributed by atoms with Gasteiger partial charge in [0.15, 0.2) is 5.43 Å². The number of carbonyl (C=O) groups excluding carboxylic acids is 1. The molecule has 36 heavy (non-hydrogen) atoms. The average molecular weight is 507 g/mol. The maximum atomic E-state index is 12.8. The van der Waals surface area contributed by atoms with Gasteiger partial charge in [-0.1, -0.05) is 17.7 Å². The standard InChI is InChI=1S/C26H27ClN6O3/c1-13-11-33(25-21(22(13)34)24(28)30-12-31-25)15(3)17-9-18(27)14(2)20(23(17)36-6)16-7-8-19(29-10-16)26(35)32(4)5/h7-12,15H,1-6H3,(H2,28,30,31). The van der Waals surface area contributed by atoms with E-state index < -0.39 is 0 Å². The summed E-state index contributed by atoms with van der Waals surface area (Å²) in [4.78, 5) is 39.3. The second-order valence-corrected chi connectivity index (χ2v) is 9.20. The summed E-state index contributed by atoms with van der Waals surface area (Å²) in [5.74, 6) is 0.541. The minimum Gasteiger partial charge on any atom is -0.496 e. The van der Waals surface area contributed by atoms with Crippen LogP contribution in [0, 0.1) is 13.8 Å². The summed E-state index contributed by atoms with van der Waals surface area (Å²) in [5.41, 5.74) is 10.2. The van der Waals surface area contributed by atoms with Crippen molar-refractivity contribution in [3.8, 4) is 16.9 Å².